The molecule has 0 rings (SSSR count). The Morgan fingerprint density at radius 2 is 1.94 bits per heavy atom. The third-order valence-electron chi connectivity index (χ3n) is 3.47. The first kappa shape index (κ1) is 17.4. The number of hydrogen-bond acceptors (Lipinski definition) is 3. The molecule has 0 aliphatic heterocycles. The van der Waals surface area contributed by atoms with Gasteiger partial charge in [-0.05, 0) is 30.6 Å². The maximum atomic E-state index is 11.8. The van der Waals surface area contributed by atoms with Crippen LogP contribution in [-0.2, 0) is 4.79 Å². The molecule has 4 heteroatoms. The number of aliphatic hydroxyl groups excluding tert-OH is 1. The van der Waals surface area contributed by atoms with Crippen LogP contribution < -0.4 is 11.1 Å². The topological polar surface area (TPSA) is 75.4 Å². The Morgan fingerprint density at radius 3 is 2.39 bits per heavy atom. The van der Waals surface area contributed by atoms with Crippen molar-refractivity contribution in [3.63, 3.8) is 0 Å². The van der Waals surface area contributed by atoms with E-state index in [-0.39, 0.29) is 18.4 Å². The fourth-order valence-corrected chi connectivity index (χ4v) is 2.03. The molecule has 3 atom stereocenters. The minimum absolute atomic E-state index is 0.0731. The van der Waals surface area contributed by atoms with Crippen LogP contribution in [-0.4, -0.2) is 30.2 Å². The lowest BCUT2D eigenvalue weighted by Crippen LogP contribution is -2.46. The number of carbonyl (C=O) groups is 1. The van der Waals surface area contributed by atoms with Crippen molar-refractivity contribution in [2.24, 2.45) is 23.5 Å². The van der Waals surface area contributed by atoms with Crippen LogP contribution in [0.5, 0.6) is 0 Å². The molecule has 108 valence electrons. The first-order valence-corrected chi connectivity index (χ1v) is 7.06. The van der Waals surface area contributed by atoms with Crippen LogP contribution >= 0.6 is 0 Å². The SMILES string of the molecule is CCC(C)C(N)C(=O)NCC(CCO)CC(C)C. The Labute approximate surface area is 111 Å². The third-order valence-corrected chi connectivity index (χ3v) is 3.47. The zero-order valence-electron chi connectivity index (χ0n) is 12.3. The molecule has 0 saturated carbocycles. The summed E-state index contributed by atoms with van der Waals surface area (Å²) in [5.74, 6) is 1.03. The lowest BCUT2D eigenvalue weighted by atomic mass is 9.94. The van der Waals surface area contributed by atoms with Gasteiger partial charge in [-0.1, -0.05) is 34.1 Å². The normalized spacial score (nSPS) is 16.4. The molecular formula is C14H30N2O2. The van der Waals surface area contributed by atoms with Gasteiger partial charge in [-0.3, -0.25) is 4.79 Å². The van der Waals surface area contributed by atoms with Crippen LogP contribution in [0.15, 0.2) is 0 Å². The standard InChI is InChI=1S/C14H30N2O2/c1-5-11(4)13(15)14(18)16-9-12(6-7-17)8-10(2)3/h10-13,17H,5-9,15H2,1-4H3,(H,16,18). The summed E-state index contributed by atoms with van der Waals surface area (Å²) in [5, 5.41) is 11.9. The lowest BCUT2D eigenvalue weighted by molar-refractivity contribution is -0.123. The molecule has 4 nitrogen and oxygen atoms in total. The van der Waals surface area contributed by atoms with Crippen molar-refractivity contribution in [2.45, 2.75) is 53.0 Å². The average molecular weight is 258 g/mol. The van der Waals surface area contributed by atoms with Gasteiger partial charge >= 0.3 is 0 Å². The van der Waals surface area contributed by atoms with Crippen LogP contribution in [0.2, 0.25) is 0 Å². The molecular weight excluding hydrogens is 228 g/mol. The van der Waals surface area contributed by atoms with Crippen molar-refractivity contribution in [1.82, 2.24) is 5.32 Å². The maximum Gasteiger partial charge on any atom is 0.237 e. The van der Waals surface area contributed by atoms with Gasteiger partial charge in [-0.2, -0.15) is 0 Å². The van der Waals surface area contributed by atoms with Gasteiger partial charge in [-0.15, -0.1) is 0 Å². The Hall–Kier alpha value is -0.610. The lowest BCUT2D eigenvalue weighted by Gasteiger charge is -2.22. The summed E-state index contributed by atoms with van der Waals surface area (Å²) in [7, 11) is 0. The second kappa shape index (κ2) is 9.34. The summed E-state index contributed by atoms with van der Waals surface area (Å²) in [4.78, 5) is 11.8. The van der Waals surface area contributed by atoms with Crippen LogP contribution in [0.3, 0.4) is 0 Å². The highest BCUT2D eigenvalue weighted by Crippen LogP contribution is 2.14. The minimum atomic E-state index is -0.427. The van der Waals surface area contributed by atoms with Crippen LogP contribution in [0.25, 0.3) is 0 Å². The van der Waals surface area contributed by atoms with E-state index in [0.717, 1.165) is 19.3 Å². The average Bonchev–Trinajstić information content (AvgIpc) is 2.33. The minimum Gasteiger partial charge on any atom is -0.396 e. The summed E-state index contributed by atoms with van der Waals surface area (Å²) in [6.45, 7) is 9.11. The van der Waals surface area contributed by atoms with E-state index < -0.39 is 6.04 Å². The molecule has 0 spiro atoms. The molecule has 18 heavy (non-hydrogen) atoms. The maximum absolute atomic E-state index is 11.8. The fourth-order valence-electron chi connectivity index (χ4n) is 2.03. The molecule has 0 heterocycles. The van der Waals surface area contributed by atoms with Crippen molar-refractivity contribution in [3.05, 3.63) is 0 Å². The monoisotopic (exact) mass is 258 g/mol. The number of nitrogens with one attached hydrogen (secondary N) is 1. The van der Waals surface area contributed by atoms with Gasteiger partial charge in [0.15, 0.2) is 0 Å². The second-order valence-corrected chi connectivity index (χ2v) is 5.66. The van der Waals surface area contributed by atoms with Gasteiger partial charge in [0, 0.05) is 13.2 Å². The molecule has 0 aliphatic carbocycles. The van der Waals surface area contributed by atoms with Crippen LogP contribution in [0.4, 0.5) is 0 Å². The summed E-state index contributed by atoms with van der Waals surface area (Å²) in [6.07, 6.45) is 2.65. The van der Waals surface area contributed by atoms with Crippen LogP contribution in [0.1, 0.15) is 47.0 Å². The molecule has 0 aromatic carbocycles. The van der Waals surface area contributed by atoms with Gasteiger partial charge in [0.1, 0.15) is 0 Å². The fraction of sp³-hybridized carbons (Fsp3) is 0.929. The first-order chi connectivity index (χ1) is 8.42. The zero-order valence-corrected chi connectivity index (χ0v) is 12.3. The molecule has 4 N–H and O–H groups in total. The molecule has 0 fully saturated rings. The largest absolute Gasteiger partial charge is 0.396 e. The number of amides is 1. The predicted octanol–water partition coefficient (Wildman–Crippen LogP) is 1.52. The summed E-state index contributed by atoms with van der Waals surface area (Å²) in [6, 6.07) is -0.427. The predicted molar refractivity (Wildman–Crippen MR) is 75.1 cm³/mol. The highest BCUT2D eigenvalue weighted by atomic mass is 16.3. The Balaban J connectivity index is 4.13. The van der Waals surface area contributed by atoms with Gasteiger partial charge in [-0.25, -0.2) is 0 Å². The van der Waals surface area contributed by atoms with Crippen molar-refractivity contribution in [1.29, 1.82) is 0 Å². The van der Waals surface area contributed by atoms with Crippen molar-refractivity contribution in [2.75, 3.05) is 13.2 Å². The van der Waals surface area contributed by atoms with Gasteiger partial charge in [0.05, 0.1) is 6.04 Å². The van der Waals surface area contributed by atoms with Gasteiger partial charge in [0.25, 0.3) is 0 Å². The molecule has 3 unspecified atom stereocenters. The van der Waals surface area contributed by atoms with Crippen molar-refractivity contribution >= 4 is 5.91 Å². The summed E-state index contributed by atoms with van der Waals surface area (Å²) in [5.41, 5.74) is 5.87. The number of aliphatic hydroxyl groups is 1. The molecule has 0 bridgehead atoms. The highest BCUT2D eigenvalue weighted by Gasteiger charge is 2.20. The van der Waals surface area contributed by atoms with Crippen molar-refractivity contribution in [3.8, 4) is 0 Å². The zero-order chi connectivity index (χ0) is 14.1. The highest BCUT2D eigenvalue weighted by molar-refractivity contribution is 5.81. The van der Waals surface area contributed by atoms with Crippen molar-refractivity contribution < 1.29 is 9.90 Å². The quantitative estimate of drug-likeness (QED) is 0.587. The van der Waals surface area contributed by atoms with E-state index in [1.807, 2.05) is 13.8 Å². The number of nitrogens with two attached hydrogens (primary N) is 1. The Morgan fingerprint density at radius 1 is 1.33 bits per heavy atom. The molecule has 0 saturated heterocycles. The smallest absolute Gasteiger partial charge is 0.237 e. The van der Waals surface area contributed by atoms with E-state index in [0.29, 0.717) is 18.4 Å². The van der Waals surface area contributed by atoms with E-state index in [2.05, 4.69) is 19.2 Å². The van der Waals surface area contributed by atoms with E-state index in [4.69, 9.17) is 10.8 Å². The van der Waals surface area contributed by atoms with E-state index >= 15 is 0 Å². The Bertz CT molecular complexity index is 232. The van der Waals surface area contributed by atoms with E-state index in [1.165, 1.54) is 0 Å². The molecule has 0 aromatic heterocycles. The molecule has 0 aromatic rings. The van der Waals surface area contributed by atoms with Gasteiger partial charge < -0.3 is 16.2 Å². The molecule has 0 aliphatic rings. The van der Waals surface area contributed by atoms with E-state index in [1.54, 1.807) is 0 Å². The summed E-state index contributed by atoms with van der Waals surface area (Å²) >= 11 is 0. The third kappa shape index (κ3) is 6.97. The van der Waals surface area contributed by atoms with E-state index in [9.17, 15) is 4.79 Å². The number of carbonyl (C=O) groups excluding carboxylic acids is 1. The van der Waals surface area contributed by atoms with Gasteiger partial charge in [0.2, 0.25) is 5.91 Å². The summed E-state index contributed by atoms with van der Waals surface area (Å²) < 4.78 is 0. The molecule has 0 radical (unpaired) electrons. The molecule has 1 amide bonds. The number of hydrogen-bond donors (Lipinski definition) is 3. The number of rotatable bonds is 9. The second-order valence-electron chi connectivity index (χ2n) is 5.66. The first-order valence-electron chi connectivity index (χ1n) is 7.06. The van der Waals surface area contributed by atoms with Crippen LogP contribution in [0, 0.1) is 17.8 Å². The Kier molecular flexibility index (Phi) is 9.02.